The fourth-order valence-electron chi connectivity index (χ4n) is 2.12. The molecule has 0 N–H and O–H groups in total. The average molecular weight is 327 g/mol. The number of esters is 1. The molecule has 0 aliphatic carbocycles. The Morgan fingerprint density at radius 1 is 1.23 bits per heavy atom. The minimum absolute atomic E-state index is 0.352. The summed E-state index contributed by atoms with van der Waals surface area (Å²) < 4.78 is 6.51. The molecule has 1 aromatic carbocycles. The molecular weight excluding hydrogens is 314 g/mol. The van der Waals surface area contributed by atoms with E-state index in [2.05, 4.69) is 13.0 Å². The Bertz CT molecular complexity index is 822. The van der Waals surface area contributed by atoms with E-state index in [1.807, 2.05) is 12.1 Å². The van der Waals surface area contributed by atoms with Crippen molar-refractivity contribution in [3.05, 3.63) is 51.7 Å². The number of thiophene rings is 2. The van der Waals surface area contributed by atoms with Crippen molar-refractivity contribution in [2.24, 2.45) is 0 Å². The number of rotatable bonds is 4. The van der Waals surface area contributed by atoms with Crippen molar-refractivity contribution in [2.75, 3.05) is 0 Å². The summed E-state index contributed by atoms with van der Waals surface area (Å²) in [7, 11) is 0. The molecule has 2 heterocycles. The molecule has 0 radical (unpaired) electrons. The molecule has 22 heavy (non-hydrogen) atoms. The van der Waals surface area contributed by atoms with Crippen LogP contribution in [0, 0.1) is 11.3 Å². The molecule has 0 saturated heterocycles. The molecule has 3 nitrogen and oxygen atoms in total. The van der Waals surface area contributed by atoms with Crippen LogP contribution in [0.3, 0.4) is 0 Å². The van der Waals surface area contributed by atoms with Gasteiger partial charge in [0.25, 0.3) is 0 Å². The van der Waals surface area contributed by atoms with Gasteiger partial charge in [-0.2, -0.15) is 5.26 Å². The van der Waals surface area contributed by atoms with E-state index in [4.69, 9.17) is 10.00 Å². The molecule has 2 aromatic heterocycles. The maximum absolute atomic E-state index is 12.2. The predicted octanol–water partition coefficient (Wildman–Crippen LogP) is 5.01. The molecule has 0 saturated carbocycles. The lowest BCUT2D eigenvalue weighted by molar-refractivity contribution is 0.0740. The van der Waals surface area contributed by atoms with Crippen molar-refractivity contribution in [2.45, 2.75) is 19.8 Å². The molecule has 0 unspecified atom stereocenters. The zero-order valence-corrected chi connectivity index (χ0v) is 13.6. The van der Waals surface area contributed by atoms with Gasteiger partial charge in [0.05, 0.1) is 15.6 Å². The Hall–Kier alpha value is -2.16. The van der Waals surface area contributed by atoms with Crippen LogP contribution in [0.1, 0.15) is 33.5 Å². The summed E-state index contributed by atoms with van der Waals surface area (Å²) in [6.45, 7) is 2.16. The highest BCUT2D eigenvalue weighted by atomic mass is 32.2. The Kier molecular flexibility index (Phi) is 4.23. The highest BCUT2D eigenvalue weighted by Crippen LogP contribution is 2.34. The van der Waals surface area contributed by atoms with Crippen LogP contribution in [-0.4, -0.2) is 5.97 Å². The van der Waals surface area contributed by atoms with Gasteiger partial charge in [-0.3, -0.25) is 0 Å². The van der Waals surface area contributed by atoms with Crippen molar-refractivity contribution in [3.8, 4) is 11.8 Å². The van der Waals surface area contributed by atoms with Gasteiger partial charge >= 0.3 is 5.97 Å². The van der Waals surface area contributed by atoms with E-state index in [0.29, 0.717) is 16.2 Å². The highest BCUT2D eigenvalue weighted by molar-refractivity contribution is 7.39. The number of ether oxygens (including phenoxy) is 1. The van der Waals surface area contributed by atoms with E-state index >= 15 is 0 Å². The van der Waals surface area contributed by atoms with E-state index in [1.54, 1.807) is 35.6 Å². The van der Waals surface area contributed by atoms with Crippen LogP contribution in [0.5, 0.6) is 5.75 Å². The number of aryl methyl sites for hydroxylation is 1. The van der Waals surface area contributed by atoms with Crippen LogP contribution in [-0.2, 0) is 6.42 Å². The van der Waals surface area contributed by atoms with Crippen molar-refractivity contribution in [1.29, 1.82) is 5.26 Å². The molecule has 0 fully saturated rings. The largest absolute Gasteiger partial charge is 0.422 e. The van der Waals surface area contributed by atoms with Crippen LogP contribution < -0.4 is 4.74 Å². The topological polar surface area (TPSA) is 50.1 Å². The fraction of sp³-hybridized carbons (Fsp3) is 0.176. The number of hydrogen-bond donors (Lipinski definition) is 0. The monoisotopic (exact) mass is 327 g/mol. The van der Waals surface area contributed by atoms with E-state index in [1.165, 1.54) is 16.2 Å². The third-order valence-corrected chi connectivity index (χ3v) is 5.59. The minimum Gasteiger partial charge on any atom is -0.422 e. The van der Waals surface area contributed by atoms with Crippen LogP contribution in [0.4, 0.5) is 0 Å². The molecule has 0 aliphatic heterocycles. The summed E-state index contributed by atoms with van der Waals surface area (Å²) in [5.41, 5.74) is 0.542. The van der Waals surface area contributed by atoms with Crippen LogP contribution in [0.2, 0.25) is 0 Å². The number of hydrogen-bond acceptors (Lipinski definition) is 5. The first-order valence-corrected chi connectivity index (χ1v) is 8.57. The second-order valence-electron chi connectivity index (χ2n) is 4.84. The van der Waals surface area contributed by atoms with E-state index < -0.39 is 0 Å². The molecule has 0 amide bonds. The maximum atomic E-state index is 12.2. The molecule has 110 valence electrons. The summed E-state index contributed by atoms with van der Waals surface area (Å²) in [4.78, 5) is 14.1. The lowest BCUT2D eigenvalue weighted by atomic mass is 10.2. The van der Waals surface area contributed by atoms with Gasteiger partial charge in [0.1, 0.15) is 10.6 Å². The van der Waals surface area contributed by atoms with Gasteiger partial charge < -0.3 is 4.74 Å². The van der Waals surface area contributed by atoms with Gasteiger partial charge in [0, 0.05) is 10.3 Å². The smallest absolute Gasteiger partial charge is 0.353 e. The van der Waals surface area contributed by atoms with Gasteiger partial charge in [-0.05, 0) is 42.8 Å². The van der Waals surface area contributed by atoms with Gasteiger partial charge in [-0.1, -0.05) is 13.3 Å². The first-order chi connectivity index (χ1) is 10.7. The third kappa shape index (κ3) is 3.03. The molecule has 0 aliphatic rings. The quantitative estimate of drug-likeness (QED) is 0.500. The summed E-state index contributed by atoms with van der Waals surface area (Å²) in [5, 5.41) is 9.87. The summed E-state index contributed by atoms with van der Waals surface area (Å²) in [6.07, 6.45) is 2.21. The lowest BCUT2D eigenvalue weighted by Gasteiger charge is -2.01. The number of carbonyl (C=O) groups is 1. The van der Waals surface area contributed by atoms with Crippen molar-refractivity contribution in [3.63, 3.8) is 0 Å². The number of fused-ring (bicyclic) bond motifs is 1. The fourth-order valence-corrected chi connectivity index (χ4v) is 4.59. The second kappa shape index (κ2) is 6.30. The van der Waals surface area contributed by atoms with E-state index in [-0.39, 0.29) is 5.97 Å². The highest BCUT2D eigenvalue weighted by Gasteiger charge is 2.14. The van der Waals surface area contributed by atoms with Crippen LogP contribution in [0.25, 0.3) is 9.40 Å². The first-order valence-electron chi connectivity index (χ1n) is 6.94. The molecule has 5 heteroatoms. The number of benzene rings is 1. The van der Waals surface area contributed by atoms with Crippen LogP contribution >= 0.6 is 22.7 Å². The second-order valence-corrected chi connectivity index (χ2v) is 7.29. The maximum Gasteiger partial charge on any atom is 0.353 e. The summed E-state index contributed by atoms with van der Waals surface area (Å²) in [6, 6.07) is 12.6. The van der Waals surface area contributed by atoms with Crippen LogP contribution in [0.15, 0.2) is 36.4 Å². The molecule has 0 bridgehead atoms. The third-order valence-electron chi connectivity index (χ3n) is 3.16. The summed E-state index contributed by atoms with van der Waals surface area (Å²) in [5.74, 6) is 0.0996. The molecular formula is C17H13NO2S2. The zero-order valence-electron chi connectivity index (χ0n) is 12.0. The zero-order chi connectivity index (χ0) is 15.5. The normalized spacial score (nSPS) is 10.5. The molecule has 3 aromatic rings. The van der Waals surface area contributed by atoms with Gasteiger partial charge in [0.15, 0.2) is 0 Å². The van der Waals surface area contributed by atoms with Gasteiger partial charge in [0.2, 0.25) is 0 Å². The number of nitriles is 1. The Morgan fingerprint density at radius 3 is 2.64 bits per heavy atom. The van der Waals surface area contributed by atoms with Crippen molar-refractivity contribution in [1.82, 2.24) is 0 Å². The lowest BCUT2D eigenvalue weighted by Crippen LogP contribution is -2.06. The average Bonchev–Trinajstić information content (AvgIpc) is 3.07. The number of carbonyl (C=O) groups excluding carboxylic acids is 1. The summed E-state index contributed by atoms with van der Waals surface area (Å²) >= 11 is 3.22. The van der Waals surface area contributed by atoms with Gasteiger partial charge in [-0.25, -0.2) is 4.79 Å². The molecule has 0 atom stereocenters. The van der Waals surface area contributed by atoms with E-state index in [9.17, 15) is 4.79 Å². The number of nitrogens with zero attached hydrogens (tertiary/aromatic N) is 1. The minimum atomic E-state index is -0.352. The Morgan fingerprint density at radius 2 is 2.00 bits per heavy atom. The standard InChI is InChI=1S/C17H13NO2S2/c1-2-3-14-8-12-9-15(22-17(12)21-14)16(19)20-13-6-4-11(10-18)5-7-13/h4-9H,2-3H2,1H3. The van der Waals surface area contributed by atoms with Gasteiger partial charge in [-0.15, -0.1) is 22.7 Å². The predicted molar refractivity (Wildman–Crippen MR) is 89.8 cm³/mol. The molecule has 0 spiro atoms. The Balaban J connectivity index is 1.76. The van der Waals surface area contributed by atoms with E-state index in [0.717, 1.165) is 22.2 Å². The van der Waals surface area contributed by atoms with Crippen molar-refractivity contribution < 1.29 is 9.53 Å². The SMILES string of the molecule is CCCc1cc2cc(C(=O)Oc3ccc(C#N)cc3)sc2s1. The van der Waals surface area contributed by atoms with Crippen molar-refractivity contribution >= 4 is 38.0 Å². The Labute approximate surface area is 136 Å². The molecule has 3 rings (SSSR count). The first kappa shape index (κ1) is 14.8.